The lowest BCUT2D eigenvalue weighted by Crippen LogP contribution is -2.14. The number of ether oxygens (including phenoxy) is 1. The van der Waals surface area contributed by atoms with E-state index in [1.54, 1.807) is 7.11 Å². The van der Waals surface area contributed by atoms with Gasteiger partial charge in [0.15, 0.2) is 0 Å². The average Bonchev–Trinajstić information content (AvgIpc) is 2.38. The molecule has 1 aromatic rings. The average molecular weight is 270 g/mol. The summed E-state index contributed by atoms with van der Waals surface area (Å²) in [5, 5.41) is 4.12. The van der Waals surface area contributed by atoms with Gasteiger partial charge >= 0.3 is 0 Å². The molecule has 0 radical (unpaired) electrons. The fourth-order valence-electron chi connectivity index (χ4n) is 1.91. The molecular weight excluding hydrogens is 246 g/mol. The summed E-state index contributed by atoms with van der Waals surface area (Å²) in [7, 11) is 1.63. The minimum absolute atomic E-state index is 0.680. The highest BCUT2D eigenvalue weighted by atomic mass is 35.5. The van der Waals surface area contributed by atoms with Gasteiger partial charge in [-0.2, -0.15) is 0 Å². The van der Waals surface area contributed by atoms with Gasteiger partial charge in [-0.25, -0.2) is 0 Å². The zero-order chi connectivity index (χ0) is 13.2. The van der Waals surface area contributed by atoms with Crippen LogP contribution in [-0.2, 0) is 6.54 Å². The Morgan fingerprint density at radius 1 is 1.17 bits per heavy atom. The molecule has 0 bridgehead atoms. The lowest BCUT2D eigenvalue weighted by atomic mass is 10.1. The first-order chi connectivity index (χ1) is 8.77. The molecule has 18 heavy (non-hydrogen) atoms. The van der Waals surface area contributed by atoms with Gasteiger partial charge in [0.1, 0.15) is 5.75 Å². The number of methoxy groups -OCH3 is 1. The van der Waals surface area contributed by atoms with Crippen LogP contribution in [0.25, 0.3) is 0 Å². The molecule has 0 atom stereocenters. The molecule has 0 saturated carbocycles. The van der Waals surface area contributed by atoms with Gasteiger partial charge in [-0.15, -0.1) is 0 Å². The number of hydrogen-bond donors (Lipinski definition) is 1. The van der Waals surface area contributed by atoms with Crippen molar-refractivity contribution in [3.8, 4) is 5.75 Å². The highest BCUT2D eigenvalue weighted by molar-refractivity contribution is 6.32. The highest BCUT2D eigenvalue weighted by Gasteiger charge is 2.01. The monoisotopic (exact) mass is 269 g/mol. The molecular formula is C15H24ClNO. The molecule has 0 amide bonds. The predicted molar refractivity (Wildman–Crippen MR) is 78.5 cm³/mol. The van der Waals surface area contributed by atoms with Crippen LogP contribution >= 0.6 is 11.6 Å². The molecule has 1 rings (SSSR count). The normalized spacial score (nSPS) is 10.6. The Kier molecular flexibility index (Phi) is 7.86. The maximum absolute atomic E-state index is 6.07. The number of nitrogens with one attached hydrogen (secondary N) is 1. The third kappa shape index (κ3) is 5.74. The molecule has 0 aliphatic carbocycles. The Labute approximate surface area is 116 Å². The third-order valence-electron chi connectivity index (χ3n) is 3.00. The number of halogens is 1. The van der Waals surface area contributed by atoms with Crippen molar-refractivity contribution in [2.75, 3.05) is 13.7 Å². The molecule has 3 heteroatoms. The summed E-state index contributed by atoms with van der Waals surface area (Å²) < 4.78 is 5.13. The number of hydrogen-bond acceptors (Lipinski definition) is 2. The molecule has 0 spiro atoms. The van der Waals surface area contributed by atoms with Crippen molar-refractivity contribution in [3.63, 3.8) is 0 Å². The lowest BCUT2D eigenvalue weighted by Gasteiger charge is -2.07. The molecule has 0 saturated heterocycles. The molecule has 2 nitrogen and oxygen atoms in total. The molecule has 0 heterocycles. The number of benzene rings is 1. The van der Waals surface area contributed by atoms with E-state index in [-0.39, 0.29) is 0 Å². The molecule has 0 unspecified atom stereocenters. The van der Waals surface area contributed by atoms with E-state index in [0.717, 1.165) is 18.8 Å². The van der Waals surface area contributed by atoms with Gasteiger partial charge in [0, 0.05) is 6.54 Å². The van der Waals surface area contributed by atoms with Crippen molar-refractivity contribution in [2.45, 2.75) is 45.6 Å². The minimum Gasteiger partial charge on any atom is -0.495 e. The molecule has 102 valence electrons. The Hall–Kier alpha value is -0.730. The first kappa shape index (κ1) is 15.3. The zero-order valence-corrected chi connectivity index (χ0v) is 12.2. The maximum Gasteiger partial charge on any atom is 0.137 e. The smallest absolute Gasteiger partial charge is 0.137 e. The Balaban J connectivity index is 2.17. The molecule has 1 N–H and O–H groups in total. The fraction of sp³-hybridized carbons (Fsp3) is 0.600. The van der Waals surface area contributed by atoms with Crippen LogP contribution in [0.2, 0.25) is 5.02 Å². The van der Waals surface area contributed by atoms with Crippen molar-refractivity contribution in [1.29, 1.82) is 0 Å². The van der Waals surface area contributed by atoms with E-state index in [1.165, 1.54) is 37.7 Å². The van der Waals surface area contributed by atoms with Gasteiger partial charge in [0.2, 0.25) is 0 Å². The topological polar surface area (TPSA) is 21.3 Å². The first-order valence-corrected chi connectivity index (χ1v) is 7.19. The second kappa shape index (κ2) is 9.23. The van der Waals surface area contributed by atoms with Crippen LogP contribution in [0.5, 0.6) is 5.75 Å². The fourth-order valence-corrected chi connectivity index (χ4v) is 2.19. The quantitative estimate of drug-likeness (QED) is 0.671. The molecule has 0 fully saturated rings. The van der Waals surface area contributed by atoms with E-state index in [2.05, 4.69) is 18.3 Å². The summed E-state index contributed by atoms with van der Waals surface area (Å²) in [5.41, 5.74) is 1.20. The van der Waals surface area contributed by atoms with E-state index >= 15 is 0 Å². The maximum atomic E-state index is 6.07. The SMILES string of the molecule is CCCCCCCNCc1ccc(OC)c(Cl)c1. The third-order valence-corrected chi connectivity index (χ3v) is 3.30. The van der Waals surface area contributed by atoms with Gasteiger partial charge in [-0.1, -0.05) is 50.3 Å². The van der Waals surface area contributed by atoms with Gasteiger partial charge in [-0.05, 0) is 30.7 Å². The number of rotatable bonds is 9. The summed E-state index contributed by atoms with van der Waals surface area (Å²) in [4.78, 5) is 0. The highest BCUT2D eigenvalue weighted by Crippen LogP contribution is 2.24. The van der Waals surface area contributed by atoms with E-state index in [4.69, 9.17) is 16.3 Å². The Morgan fingerprint density at radius 3 is 2.61 bits per heavy atom. The first-order valence-electron chi connectivity index (χ1n) is 6.81. The van der Waals surface area contributed by atoms with Crippen LogP contribution in [0.3, 0.4) is 0 Å². The van der Waals surface area contributed by atoms with Crippen LogP contribution in [0.1, 0.15) is 44.6 Å². The van der Waals surface area contributed by atoms with Gasteiger partial charge in [0.25, 0.3) is 0 Å². The predicted octanol–water partition coefficient (Wildman–Crippen LogP) is 4.41. The Bertz CT molecular complexity index is 341. The Morgan fingerprint density at radius 2 is 1.94 bits per heavy atom. The summed E-state index contributed by atoms with van der Waals surface area (Å²) in [6, 6.07) is 5.93. The van der Waals surface area contributed by atoms with Crippen molar-refractivity contribution in [3.05, 3.63) is 28.8 Å². The van der Waals surface area contributed by atoms with Crippen LogP contribution in [0, 0.1) is 0 Å². The van der Waals surface area contributed by atoms with Gasteiger partial charge in [0.05, 0.1) is 12.1 Å². The molecule has 0 aromatic heterocycles. The van der Waals surface area contributed by atoms with E-state index in [0.29, 0.717) is 5.02 Å². The molecule has 0 aliphatic heterocycles. The second-order valence-corrected chi connectivity index (χ2v) is 4.97. The molecule has 0 aliphatic rings. The van der Waals surface area contributed by atoms with Gasteiger partial charge < -0.3 is 10.1 Å². The zero-order valence-electron chi connectivity index (χ0n) is 11.5. The van der Waals surface area contributed by atoms with Crippen molar-refractivity contribution in [2.24, 2.45) is 0 Å². The second-order valence-electron chi connectivity index (χ2n) is 4.56. The van der Waals surface area contributed by atoms with E-state index in [9.17, 15) is 0 Å². The summed E-state index contributed by atoms with van der Waals surface area (Å²) in [5.74, 6) is 0.736. The lowest BCUT2D eigenvalue weighted by molar-refractivity contribution is 0.415. The largest absolute Gasteiger partial charge is 0.495 e. The van der Waals surface area contributed by atoms with Crippen LogP contribution in [0.4, 0.5) is 0 Å². The molecule has 1 aromatic carbocycles. The van der Waals surface area contributed by atoms with Crippen molar-refractivity contribution < 1.29 is 4.74 Å². The van der Waals surface area contributed by atoms with Crippen LogP contribution < -0.4 is 10.1 Å². The van der Waals surface area contributed by atoms with Crippen molar-refractivity contribution in [1.82, 2.24) is 5.32 Å². The summed E-state index contributed by atoms with van der Waals surface area (Å²) in [6.07, 6.45) is 6.59. The van der Waals surface area contributed by atoms with Gasteiger partial charge in [-0.3, -0.25) is 0 Å². The summed E-state index contributed by atoms with van der Waals surface area (Å²) >= 11 is 6.07. The van der Waals surface area contributed by atoms with E-state index < -0.39 is 0 Å². The number of unbranched alkanes of at least 4 members (excludes halogenated alkanes) is 4. The van der Waals surface area contributed by atoms with Crippen LogP contribution in [-0.4, -0.2) is 13.7 Å². The van der Waals surface area contributed by atoms with Crippen LogP contribution in [0.15, 0.2) is 18.2 Å². The standard InChI is InChI=1S/C15H24ClNO/c1-3-4-5-6-7-10-17-12-13-8-9-15(18-2)14(16)11-13/h8-9,11,17H,3-7,10,12H2,1-2H3. The van der Waals surface area contributed by atoms with Crippen molar-refractivity contribution >= 4 is 11.6 Å². The van der Waals surface area contributed by atoms with E-state index in [1.807, 2.05) is 12.1 Å². The summed E-state index contributed by atoms with van der Waals surface area (Å²) in [6.45, 7) is 4.19. The minimum atomic E-state index is 0.680.